The molecular formula is C18H23NO. The van der Waals surface area contributed by atoms with Crippen LogP contribution in [0.25, 0.3) is 0 Å². The van der Waals surface area contributed by atoms with Gasteiger partial charge < -0.3 is 10.1 Å². The minimum atomic E-state index is 0.778. The maximum Gasteiger partial charge on any atom is 0.142 e. The van der Waals surface area contributed by atoms with Crippen LogP contribution >= 0.6 is 0 Å². The molecule has 2 aromatic carbocycles. The Kier molecular flexibility index (Phi) is 5.48. The number of aryl methyl sites for hydroxylation is 1. The van der Waals surface area contributed by atoms with Crippen molar-refractivity contribution in [2.45, 2.75) is 33.2 Å². The summed E-state index contributed by atoms with van der Waals surface area (Å²) in [5, 5.41) is 3.45. The quantitative estimate of drug-likeness (QED) is 0.730. The summed E-state index contributed by atoms with van der Waals surface area (Å²) in [6.45, 7) is 5.87. The molecule has 0 heterocycles. The first-order chi connectivity index (χ1) is 9.79. The molecule has 1 N–H and O–H groups in total. The van der Waals surface area contributed by atoms with Gasteiger partial charge in [0, 0.05) is 6.54 Å². The lowest BCUT2D eigenvalue weighted by Crippen LogP contribution is -2.03. The standard InChI is InChI=1S/C18H23NO/c1-3-4-13-20-18-8-6-5-7-17(18)19-14-16-11-9-15(2)10-12-16/h5-12,19H,3-4,13-14H2,1-2H3. The molecule has 2 heteroatoms. The van der Waals surface area contributed by atoms with E-state index in [-0.39, 0.29) is 0 Å². The highest BCUT2D eigenvalue weighted by Crippen LogP contribution is 2.24. The molecule has 0 bridgehead atoms. The second kappa shape index (κ2) is 7.59. The molecule has 0 atom stereocenters. The van der Waals surface area contributed by atoms with E-state index in [0.717, 1.165) is 37.4 Å². The van der Waals surface area contributed by atoms with Crippen molar-refractivity contribution >= 4 is 5.69 Å². The van der Waals surface area contributed by atoms with Crippen LogP contribution in [0, 0.1) is 6.92 Å². The number of unbranched alkanes of at least 4 members (excludes halogenated alkanes) is 1. The maximum atomic E-state index is 5.82. The minimum Gasteiger partial charge on any atom is -0.491 e. The van der Waals surface area contributed by atoms with Crippen molar-refractivity contribution in [1.82, 2.24) is 0 Å². The van der Waals surface area contributed by atoms with Gasteiger partial charge in [0.05, 0.1) is 12.3 Å². The molecule has 0 unspecified atom stereocenters. The maximum absolute atomic E-state index is 5.82. The molecule has 0 saturated carbocycles. The number of anilines is 1. The lowest BCUT2D eigenvalue weighted by molar-refractivity contribution is 0.310. The second-order valence-corrected chi connectivity index (χ2v) is 5.04. The van der Waals surface area contributed by atoms with Gasteiger partial charge >= 0.3 is 0 Å². The Bertz CT molecular complexity index is 519. The highest BCUT2D eigenvalue weighted by Gasteiger charge is 2.02. The van der Waals surface area contributed by atoms with Gasteiger partial charge in [0.2, 0.25) is 0 Å². The Balaban J connectivity index is 1.96. The number of ether oxygens (including phenoxy) is 1. The van der Waals surface area contributed by atoms with E-state index < -0.39 is 0 Å². The molecule has 20 heavy (non-hydrogen) atoms. The molecule has 0 fully saturated rings. The predicted molar refractivity (Wildman–Crippen MR) is 85.4 cm³/mol. The van der Waals surface area contributed by atoms with Gasteiger partial charge in [-0.15, -0.1) is 0 Å². The van der Waals surface area contributed by atoms with Crippen LogP contribution in [0.15, 0.2) is 48.5 Å². The lowest BCUT2D eigenvalue weighted by Gasteiger charge is -2.13. The zero-order valence-corrected chi connectivity index (χ0v) is 12.4. The molecule has 0 radical (unpaired) electrons. The van der Waals surface area contributed by atoms with Crippen LogP contribution in [0.3, 0.4) is 0 Å². The molecule has 0 spiro atoms. The summed E-state index contributed by atoms with van der Waals surface area (Å²) in [6, 6.07) is 16.7. The van der Waals surface area contributed by atoms with E-state index in [4.69, 9.17) is 4.74 Å². The van der Waals surface area contributed by atoms with E-state index in [1.54, 1.807) is 0 Å². The smallest absolute Gasteiger partial charge is 0.142 e. The number of hydrogen-bond donors (Lipinski definition) is 1. The first-order valence-electron chi connectivity index (χ1n) is 7.31. The average Bonchev–Trinajstić information content (AvgIpc) is 2.48. The van der Waals surface area contributed by atoms with Crippen LogP contribution in [0.2, 0.25) is 0 Å². The molecule has 0 aliphatic rings. The third kappa shape index (κ3) is 4.30. The van der Waals surface area contributed by atoms with Crippen molar-refractivity contribution < 1.29 is 4.74 Å². The van der Waals surface area contributed by atoms with Crippen LogP contribution in [0.1, 0.15) is 30.9 Å². The summed E-state index contributed by atoms with van der Waals surface area (Å²) in [5.41, 5.74) is 3.63. The van der Waals surface area contributed by atoms with E-state index >= 15 is 0 Å². The average molecular weight is 269 g/mol. The highest BCUT2D eigenvalue weighted by atomic mass is 16.5. The Morgan fingerprint density at radius 3 is 2.50 bits per heavy atom. The minimum absolute atomic E-state index is 0.778. The fourth-order valence-electron chi connectivity index (χ4n) is 1.97. The zero-order valence-electron chi connectivity index (χ0n) is 12.4. The molecule has 0 amide bonds. The molecule has 2 aromatic rings. The summed E-state index contributed by atoms with van der Waals surface area (Å²) >= 11 is 0. The Morgan fingerprint density at radius 1 is 1.00 bits per heavy atom. The number of para-hydroxylation sites is 2. The Hall–Kier alpha value is -1.96. The number of hydrogen-bond acceptors (Lipinski definition) is 2. The number of rotatable bonds is 7. The van der Waals surface area contributed by atoms with Crippen molar-refractivity contribution in [2.24, 2.45) is 0 Å². The molecule has 0 aliphatic heterocycles. The van der Waals surface area contributed by atoms with E-state index in [0.29, 0.717) is 0 Å². The summed E-state index contributed by atoms with van der Waals surface area (Å²) in [4.78, 5) is 0. The fraction of sp³-hybridized carbons (Fsp3) is 0.333. The largest absolute Gasteiger partial charge is 0.491 e. The molecule has 2 nitrogen and oxygen atoms in total. The van der Waals surface area contributed by atoms with Gasteiger partial charge in [-0.25, -0.2) is 0 Å². The van der Waals surface area contributed by atoms with Crippen molar-refractivity contribution in [1.29, 1.82) is 0 Å². The fourth-order valence-corrected chi connectivity index (χ4v) is 1.97. The normalized spacial score (nSPS) is 10.3. The molecular weight excluding hydrogens is 246 g/mol. The van der Waals surface area contributed by atoms with Crippen LogP contribution in [0.5, 0.6) is 5.75 Å². The van der Waals surface area contributed by atoms with Gasteiger partial charge in [-0.3, -0.25) is 0 Å². The van der Waals surface area contributed by atoms with Gasteiger partial charge in [0.25, 0.3) is 0 Å². The molecule has 2 rings (SSSR count). The van der Waals surface area contributed by atoms with Crippen molar-refractivity contribution in [3.63, 3.8) is 0 Å². The molecule has 106 valence electrons. The molecule has 0 aliphatic carbocycles. The van der Waals surface area contributed by atoms with Crippen LogP contribution in [0.4, 0.5) is 5.69 Å². The Labute approximate surface area is 121 Å². The van der Waals surface area contributed by atoms with Crippen LogP contribution in [-0.2, 0) is 6.54 Å². The number of benzene rings is 2. The van der Waals surface area contributed by atoms with E-state index in [1.807, 2.05) is 18.2 Å². The summed E-state index contributed by atoms with van der Waals surface area (Å²) in [5.74, 6) is 0.938. The van der Waals surface area contributed by atoms with Crippen molar-refractivity contribution in [2.75, 3.05) is 11.9 Å². The summed E-state index contributed by atoms with van der Waals surface area (Å²) in [6.07, 6.45) is 2.24. The van der Waals surface area contributed by atoms with Crippen LogP contribution in [-0.4, -0.2) is 6.61 Å². The lowest BCUT2D eigenvalue weighted by atomic mass is 10.1. The van der Waals surface area contributed by atoms with E-state index in [2.05, 4.69) is 49.5 Å². The van der Waals surface area contributed by atoms with Gasteiger partial charge in [0.1, 0.15) is 5.75 Å². The second-order valence-electron chi connectivity index (χ2n) is 5.04. The van der Waals surface area contributed by atoms with Gasteiger partial charge in [0.15, 0.2) is 0 Å². The SMILES string of the molecule is CCCCOc1ccccc1NCc1ccc(C)cc1. The van der Waals surface area contributed by atoms with E-state index in [9.17, 15) is 0 Å². The molecule has 0 aromatic heterocycles. The summed E-state index contributed by atoms with van der Waals surface area (Å²) < 4.78 is 5.82. The van der Waals surface area contributed by atoms with Gasteiger partial charge in [-0.2, -0.15) is 0 Å². The first kappa shape index (κ1) is 14.4. The Morgan fingerprint density at radius 2 is 1.75 bits per heavy atom. The molecule has 0 saturated heterocycles. The monoisotopic (exact) mass is 269 g/mol. The predicted octanol–water partition coefficient (Wildman–Crippen LogP) is 4.79. The van der Waals surface area contributed by atoms with Crippen LogP contribution < -0.4 is 10.1 Å². The topological polar surface area (TPSA) is 21.3 Å². The van der Waals surface area contributed by atoms with Crippen molar-refractivity contribution in [3.05, 3.63) is 59.7 Å². The van der Waals surface area contributed by atoms with Gasteiger partial charge in [-0.1, -0.05) is 55.3 Å². The zero-order chi connectivity index (χ0) is 14.2. The summed E-state index contributed by atoms with van der Waals surface area (Å²) in [7, 11) is 0. The third-order valence-electron chi connectivity index (χ3n) is 3.25. The highest BCUT2D eigenvalue weighted by molar-refractivity contribution is 5.56. The van der Waals surface area contributed by atoms with E-state index in [1.165, 1.54) is 11.1 Å². The van der Waals surface area contributed by atoms with Crippen molar-refractivity contribution in [3.8, 4) is 5.75 Å². The number of nitrogens with one attached hydrogen (secondary N) is 1. The first-order valence-corrected chi connectivity index (χ1v) is 7.31. The van der Waals surface area contributed by atoms with Gasteiger partial charge in [-0.05, 0) is 31.0 Å². The third-order valence-corrected chi connectivity index (χ3v) is 3.25.